The quantitative estimate of drug-likeness (QED) is 0.889. The van der Waals surface area contributed by atoms with Crippen LogP contribution in [0.4, 0.5) is 4.39 Å². The molecular formula is C12H16ClFN2O. The zero-order valence-electron chi connectivity index (χ0n) is 9.83. The molecule has 0 radical (unpaired) electrons. The van der Waals surface area contributed by atoms with Gasteiger partial charge in [0, 0.05) is 17.1 Å². The van der Waals surface area contributed by atoms with Gasteiger partial charge < -0.3 is 5.11 Å². The van der Waals surface area contributed by atoms with E-state index in [4.69, 9.17) is 0 Å². The first-order valence-electron chi connectivity index (χ1n) is 5.30. The number of rotatable bonds is 3. The topological polar surface area (TPSA) is 48.9 Å². The Kier molecular flexibility index (Phi) is 4.11. The molecule has 0 aliphatic heterocycles. The number of aliphatic hydroxyl groups is 1. The van der Waals surface area contributed by atoms with Crippen LogP contribution in [-0.4, -0.2) is 20.9 Å². The van der Waals surface area contributed by atoms with Gasteiger partial charge in [0.15, 0.2) is 0 Å². The molecule has 0 unspecified atom stereocenters. The van der Waals surface area contributed by atoms with Crippen molar-refractivity contribution in [2.24, 2.45) is 0 Å². The standard InChI is InChI=1S/C12H15FN2O.ClH/c1-12(2,16)6-5-10-9-4-3-8(13)7-11(9)15-14-10;/h3-4,7,16H,5-6H2,1-2H3,(H,14,15);1H. The molecule has 1 aromatic carbocycles. The monoisotopic (exact) mass is 258 g/mol. The molecule has 0 atom stereocenters. The maximum absolute atomic E-state index is 12.9. The number of aromatic amines is 1. The predicted octanol–water partition coefficient (Wildman–Crippen LogP) is 2.83. The van der Waals surface area contributed by atoms with Gasteiger partial charge in [-0.05, 0) is 38.8 Å². The van der Waals surface area contributed by atoms with E-state index < -0.39 is 5.60 Å². The van der Waals surface area contributed by atoms with Gasteiger partial charge in [-0.15, -0.1) is 12.4 Å². The number of nitrogens with one attached hydrogen (secondary N) is 1. The van der Waals surface area contributed by atoms with Crippen molar-refractivity contribution in [3.8, 4) is 0 Å². The molecule has 2 aromatic rings. The Bertz CT molecular complexity index is 505. The lowest BCUT2D eigenvalue weighted by Gasteiger charge is -2.15. The molecule has 0 amide bonds. The summed E-state index contributed by atoms with van der Waals surface area (Å²) in [4.78, 5) is 0. The molecule has 3 nitrogen and oxygen atoms in total. The molecule has 94 valence electrons. The van der Waals surface area contributed by atoms with E-state index in [1.807, 2.05) is 0 Å². The van der Waals surface area contributed by atoms with Gasteiger partial charge in [0.1, 0.15) is 5.82 Å². The molecule has 2 N–H and O–H groups in total. The molecular weight excluding hydrogens is 243 g/mol. The van der Waals surface area contributed by atoms with Gasteiger partial charge in [-0.2, -0.15) is 5.10 Å². The molecule has 1 heterocycles. The number of H-pyrrole nitrogens is 1. The van der Waals surface area contributed by atoms with Gasteiger partial charge in [0.2, 0.25) is 0 Å². The number of fused-ring (bicyclic) bond motifs is 1. The fourth-order valence-corrected chi connectivity index (χ4v) is 1.66. The van der Waals surface area contributed by atoms with E-state index in [1.54, 1.807) is 19.9 Å². The summed E-state index contributed by atoms with van der Waals surface area (Å²) in [6, 6.07) is 4.54. The fraction of sp³-hybridized carbons (Fsp3) is 0.417. The largest absolute Gasteiger partial charge is 0.390 e. The minimum Gasteiger partial charge on any atom is -0.390 e. The van der Waals surface area contributed by atoms with E-state index in [-0.39, 0.29) is 18.2 Å². The maximum atomic E-state index is 12.9. The van der Waals surface area contributed by atoms with Crippen LogP contribution in [0, 0.1) is 5.82 Å². The molecule has 0 aliphatic carbocycles. The number of hydrogen-bond acceptors (Lipinski definition) is 2. The molecule has 0 aliphatic rings. The SMILES string of the molecule is CC(C)(O)CCc1[nH]nc2cc(F)ccc12.Cl. The zero-order valence-corrected chi connectivity index (χ0v) is 10.6. The van der Waals surface area contributed by atoms with Gasteiger partial charge in [-0.1, -0.05) is 0 Å². The second-order valence-corrected chi connectivity index (χ2v) is 4.68. The molecule has 0 bridgehead atoms. The van der Waals surface area contributed by atoms with Crippen LogP contribution < -0.4 is 0 Å². The van der Waals surface area contributed by atoms with E-state index in [0.29, 0.717) is 18.4 Å². The van der Waals surface area contributed by atoms with Crippen molar-refractivity contribution in [1.29, 1.82) is 0 Å². The Labute approximate surface area is 105 Å². The highest BCUT2D eigenvalue weighted by Gasteiger charge is 2.14. The van der Waals surface area contributed by atoms with Crippen molar-refractivity contribution in [1.82, 2.24) is 10.2 Å². The van der Waals surface area contributed by atoms with E-state index in [9.17, 15) is 9.50 Å². The van der Waals surface area contributed by atoms with Crippen LogP contribution in [0.5, 0.6) is 0 Å². The highest BCUT2D eigenvalue weighted by molar-refractivity contribution is 5.85. The predicted molar refractivity (Wildman–Crippen MR) is 67.9 cm³/mol. The average molecular weight is 259 g/mol. The molecule has 2 rings (SSSR count). The summed E-state index contributed by atoms with van der Waals surface area (Å²) in [5, 5.41) is 17.5. The second kappa shape index (κ2) is 5.02. The summed E-state index contributed by atoms with van der Waals surface area (Å²) in [5.74, 6) is -0.284. The Hall–Kier alpha value is -1.13. The number of aryl methyl sites for hydroxylation is 1. The molecule has 0 spiro atoms. The Morgan fingerprint density at radius 3 is 2.76 bits per heavy atom. The number of hydrogen-bond donors (Lipinski definition) is 2. The van der Waals surface area contributed by atoms with Crippen LogP contribution in [0.15, 0.2) is 18.2 Å². The van der Waals surface area contributed by atoms with E-state index in [2.05, 4.69) is 10.2 Å². The third-order valence-corrected chi connectivity index (χ3v) is 2.58. The smallest absolute Gasteiger partial charge is 0.125 e. The van der Waals surface area contributed by atoms with Crippen molar-refractivity contribution in [2.75, 3.05) is 0 Å². The number of halogens is 2. The van der Waals surface area contributed by atoms with E-state index in [1.165, 1.54) is 12.1 Å². The molecule has 5 heteroatoms. The summed E-state index contributed by atoms with van der Waals surface area (Å²) in [6.07, 6.45) is 1.34. The van der Waals surface area contributed by atoms with Crippen molar-refractivity contribution in [3.05, 3.63) is 29.7 Å². The van der Waals surface area contributed by atoms with Gasteiger partial charge in [-0.25, -0.2) is 4.39 Å². The highest BCUT2D eigenvalue weighted by atomic mass is 35.5. The van der Waals surface area contributed by atoms with Gasteiger partial charge in [-0.3, -0.25) is 5.10 Å². The molecule has 1 aromatic heterocycles. The first-order chi connectivity index (χ1) is 7.46. The Morgan fingerprint density at radius 2 is 2.12 bits per heavy atom. The molecule has 0 saturated heterocycles. The van der Waals surface area contributed by atoms with Crippen molar-refractivity contribution < 1.29 is 9.50 Å². The summed E-state index contributed by atoms with van der Waals surface area (Å²) in [7, 11) is 0. The van der Waals surface area contributed by atoms with Crippen molar-refractivity contribution >= 4 is 23.3 Å². The third-order valence-electron chi connectivity index (χ3n) is 2.58. The van der Waals surface area contributed by atoms with Crippen molar-refractivity contribution in [3.63, 3.8) is 0 Å². The summed E-state index contributed by atoms with van der Waals surface area (Å²) in [6.45, 7) is 3.54. The minimum atomic E-state index is -0.697. The Balaban J connectivity index is 0.00000144. The van der Waals surface area contributed by atoms with Crippen LogP contribution >= 0.6 is 12.4 Å². The van der Waals surface area contributed by atoms with E-state index in [0.717, 1.165) is 11.1 Å². The zero-order chi connectivity index (χ0) is 11.8. The normalized spacial score (nSPS) is 11.5. The lowest BCUT2D eigenvalue weighted by molar-refractivity contribution is 0.0712. The fourth-order valence-electron chi connectivity index (χ4n) is 1.66. The van der Waals surface area contributed by atoms with Crippen LogP contribution in [0.1, 0.15) is 26.0 Å². The molecule has 17 heavy (non-hydrogen) atoms. The first-order valence-corrected chi connectivity index (χ1v) is 5.30. The molecule has 0 saturated carbocycles. The summed E-state index contributed by atoms with van der Waals surface area (Å²) in [5.41, 5.74) is 0.875. The lowest BCUT2D eigenvalue weighted by atomic mass is 10.0. The summed E-state index contributed by atoms with van der Waals surface area (Å²) >= 11 is 0. The maximum Gasteiger partial charge on any atom is 0.125 e. The Morgan fingerprint density at radius 1 is 1.41 bits per heavy atom. The van der Waals surface area contributed by atoms with E-state index >= 15 is 0 Å². The average Bonchev–Trinajstić information content (AvgIpc) is 2.56. The first kappa shape index (κ1) is 13.9. The number of aromatic nitrogens is 2. The van der Waals surface area contributed by atoms with Crippen LogP contribution in [0.25, 0.3) is 10.9 Å². The summed E-state index contributed by atoms with van der Waals surface area (Å²) < 4.78 is 12.9. The highest BCUT2D eigenvalue weighted by Crippen LogP contribution is 2.20. The van der Waals surface area contributed by atoms with Gasteiger partial charge >= 0.3 is 0 Å². The van der Waals surface area contributed by atoms with Crippen LogP contribution in [0.3, 0.4) is 0 Å². The van der Waals surface area contributed by atoms with Crippen molar-refractivity contribution in [2.45, 2.75) is 32.3 Å². The number of benzene rings is 1. The lowest BCUT2D eigenvalue weighted by Crippen LogP contribution is -2.19. The second-order valence-electron chi connectivity index (χ2n) is 4.68. The van der Waals surface area contributed by atoms with Crippen LogP contribution in [-0.2, 0) is 6.42 Å². The van der Waals surface area contributed by atoms with Gasteiger partial charge in [0.25, 0.3) is 0 Å². The number of nitrogens with zero attached hydrogens (tertiary/aromatic N) is 1. The minimum absolute atomic E-state index is 0. The molecule has 0 fully saturated rings. The van der Waals surface area contributed by atoms with Crippen LogP contribution in [0.2, 0.25) is 0 Å². The van der Waals surface area contributed by atoms with Gasteiger partial charge in [0.05, 0.1) is 11.1 Å². The third kappa shape index (κ3) is 3.41.